The molecule has 4 N–H and O–H groups in total. The van der Waals surface area contributed by atoms with E-state index in [1.54, 1.807) is 12.1 Å². The number of anilines is 1. The van der Waals surface area contributed by atoms with Crippen molar-refractivity contribution in [2.24, 2.45) is 5.10 Å². The number of carbonyl (C=O) groups is 1. The second kappa shape index (κ2) is 8.85. The van der Waals surface area contributed by atoms with E-state index in [0.717, 1.165) is 6.21 Å². The second-order valence-electron chi connectivity index (χ2n) is 6.05. The normalized spacial score (nSPS) is 11.4. The Morgan fingerprint density at radius 3 is 2.43 bits per heavy atom. The van der Waals surface area contributed by atoms with E-state index < -0.39 is 15.9 Å². The van der Waals surface area contributed by atoms with Crippen LogP contribution in [0.1, 0.15) is 15.9 Å². The van der Waals surface area contributed by atoms with Gasteiger partial charge in [0, 0.05) is 21.8 Å². The van der Waals surface area contributed by atoms with Gasteiger partial charge in [0.2, 0.25) is 0 Å². The number of phenolic OH excluding ortho intramolecular Hbond substituents is 2. The Morgan fingerprint density at radius 1 is 1.00 bits per heavy atom. The van der Waals surface area contributed by atoms with Crippen molar-refractivity contribution in [2.75, 3.05) is 4.72 Å². The Kier molecular flexibility index (Phi) is 6.24. The number of hydrazone groups is 1. The molecule has 30 heavy (non-hydrogen) atoms. The molecule has 0 bridgehead atoms. The van der Waals surface area contributed by atoms with Gasteiger partial charge in [-0.3, -0.25) is 9.52 Å². The summed E-state index contributed by atoms with van der Waals surface area (Å²) in [5.74, 6) is -1.36. The minimum Gasteiger partial charge on any atom is -0.504 e. The molecule has 0 aromatic heterocycles. The zero-order valence-electron chi connectivity index (χ0n) is 15.3. The van der Waals surface area contributed by atoms with Crippen LogP contribution in [0.15, 0.2) is 76.7 Å². The fraction of sp³-hybridized carbons (Fsp3) is 0. The highest BCUT2D eigenvalue weighted by molar-refractivity contribution is 7.92. The maximum Gasteiger partial charge on any atom is 0.271 e. The molecule has 0 saturated heterocycles. The number of benzene rings is 3. The minimum absolute atomic E-state index is 0.0614. The summed E-state index contributed by atoms with van der Waals surface area (Å²) in [5.41, 5.74) is 2.82. The van der Waals surface area contributed by atoms with Crippen molar-refractivity contribution in [1.82, 2.24) is 5.43 Å². The van der Waals surface area contributed by atoms with Crippen LogP contribution in [-0.4, -0.2) is 30.8 Å². The van der Waals surface area contributed by atoms with Crippen LogP contribution in [0.25, 0.3) is 0 Å². The van der Waals surface area contributed by atoms with Crippen molar-refractivity contribution in [3.63, 3.8) is 0 Å². The van der Waals surface area contributed by atoms with Gasteiger partial charge in [0.05, 0.1) is 11.1 Å². The Labute approximate surface area is 177 Å². The van der Waals surface area contributed by atoms with Gasteiger partial charge in [0.1, 0.15) is 0 Å². The molecule has 1 amide bonds. The van der Waals surface area contributed by atoms with Crippen molar-refractivity contribution in [3.8, 4) is 11.5 Å². The summed E-state index contributed by atoms with van der Waals surface area (Å²) in [6.45, 7) is 0. The lowest BCUT2D eigenvalue weighted by Gasteiger charge is -2.09. The largest absolute Gasteiger partial charge is 0.504 e. The molecule has 3 rings (SSSR count). The SMILES string of the molecule is O=C(N/N=C/c1cccc(O)c1O)c1cccc(S(=O)(=O)Nc2ccc(Cl)cc2)c1. The standard InChI is InChI=1S/C20H16ClN3O5S/c21-15-7-9-16(10-8-15)24-30(28,29)17-5-1-3-13(11-17)20(27)23-22-12-14-4-2-6-18(25)19(14)26/h1-12,24-26H,(H,23,27)/b22-12+. The van der Waals surface area contributed by atoms with Gasteiger partial charge in [0.15, 0.2) is 11.5 Å². The van der Waals surface area contributed by atoms with E-state index in [9.17, 15) is 23.4 Å². The Balaban J connectivity index is 1.74. The summed E-state index contributed by atoms with van der Waals surface area (Å²) in [4.78, 5) is 12.2. The molecule has 3 aromatic rings. The molecular formula is C20H16ClN3O5S. The van der Waals surface area contributed by atoms with Crippen molar-refractivity contribution < 1.29 is 23.4 Å². The average Bonchev–Trinajstić information content (AvgIpc) is 2.73. The van der Waals surface area contributed by atoms with E-state index in [2.05, 4.69) is 15.2 Å². The fourth-order valence-electron chi connectivity index (χ4n) is 2.41. The number of nitrogens with zero attached hydrogens (tertiary/aromatic N) is 1. The molecule has 0 spiro atoms. The van der Waals surface area contributed by atoms with Crippen molar-refractivity contribution in [2.45, 2.75) is 4.90 Å². The summed E-state index contributed by atoms with van der Waals surface area (Å²) in [5, 5.41) is 23.3. The predicted octanol–water partition coefficient (Wildman–Crippen LogP) is 3.32. The van der Waals surface area contributed by atoms with Crippen molar-refractivity contribution >= 4 is 39.4 Å². The monoisotopic (exact) mass is 445 g/mol. The topological polar surface area (TPSA) is 128 Å². The first kappa shape index (κ1) is 21.2. The molecule has 8 nitrogen and oxygen atoms in total. The number of rotatable bonds is 6. The van der Waals surface area contributed by atoms with Crippen LogP contribution in [-0.2, 0) is 10.0 Å². The molecule has 10 heteroatoms. The van der Waals surface area contributed by atoms with E-state index >= 15 is 0 Å². The number of halogens is 1. The third-order valence-corrected chi connectivity index (χ3v) is 5.55. The zero-order valence-corrected chi connectivity index (χ0v) is 16.9. The van der Waals surface area contributed by atoms with Gasteiger partial charge in [-0.15, -0.1) is 0 Å². The first-order chi connectivity index (χ1) is 14.3. The van der Waals surface area contributed by atoms with E-state index in [4.69, 9.17) is 11.6 Å². The van der Waals surface area contributed by atoms with Gasteiger partial charge in [-0.2, -0.15) is 5.10 Å². The van der Waals surface area contributed by atoms with Crippen molar-refractivity contribution in [1.29, 1.82) is 0 Å². The molecule has 154 valence electrons. The first-order valence-corrected chi connectivity index (χ1v) is 10.4. The zero-order chi connectivity index (χ0) is 21.7. The highest BCUT2D eigenvalue weighted by atomic mass is 35.5. The molecular weight excluding hydrogens is 430 g/mol. The maximum atomic E-state index is 12.6. The quantitative estimate of drug-likeness (QED) is 0.263. The summed E-state index contributed by atoms with van der Waals surface area (Å²) in [6, 6.07) is 15.8. The van der Waals surface area contributed by atoms with E-state index in [1.165, 1.54) is 54.6 Å². The molecule has 0 aliphatic rings. The van der Waals surface area contributed by atoms with Crippen LogP contribution in [0.3, 0.4) is 0 Å². The molecule has 0 fully saturated rings. The summed E-state index contributed by atoms with van der Waals surface area (Å²) >= 11 is 5.79. The summed E-state index contributed by atoms with van der Waals surface area (Å²) < 4.78 is 27.6. The van der Waals surface area contributed by atoms with Crippen LogP contribution < -0.4 is 10.1 Å². The smallest absolute Gasteiger partial charge is 0.271 e. The Morgan fingerprint density at radius 2 is 1.70 bits per heavy atom. The van der Waals surface area contributed by atoms with Gasteiger partial charge in [-0.25, -0.2) is 13.8 Å². The number of aromatic hydroxyl groups is 2. The lowest BCUT2D eigenvalue weighted by molar-refractivity contribution is 0.0955. The highest BCUT2D eigenvalue weighted by Gasteiger charge is 2.16. The molecule has 0 saturated carbocycles. The van der Waals surface area contributed by atoms with E-state index in [0.29, 0.717) is 10.7 Å². The number of para-hydroxylation sites is 1. The lowest BCUT2D eigenvalue weighted by Crippen LogP contribution is -2.19. The number of amides is 1. The van der Waals surface area contributed by atoms with Gasteiger partial charge in [-0.1, -0.05) is 23.7 Å². The Bertz CT molecular complexity index is 1210. The molecule has 0 radical (unpaired) electrons. The number of phenols is 2. The minimum atomic E-state index is -3.93. The van der Waals surface area contributed by atoms with Crippen LogP contribution >= 0.6 is 11.6 Å². The van der Waals surface area contributed by atoms with Crippen LogP contribution in [0.4, 0.5) is 5.69 Å². The van der Waals surface area contributed by atoms with Gasteiger partial charge >= 0.3 is 0 Å². The van der Waals surface area contributed by atoms with Gasteiger partial charge < -0.3 is 10.2 Å². The molecule has 0 unspecified atom stereocenters. The first-order valence-electron chi connectivity index (χ1n) is 8.49. The second-order valence-corrected chi connectivity index (χ2v) is 8.17. The molecule has 0 heterocycles. The highest BCUT2D eigenvalue weighted by Crippen LogP contribution is 2.26. The number of hydrogen-bond donors (Lipinski definition) is 4. The number of carbonyl (C=O) groups excluding carboxylic acids is 1. The molecule has 0 aliphatic carbocycles. The lowest BCUT2D eigenvalue weighted by atomic mass is 10.2. The van der Waals surface area contributed by atoms with Gasteiger partial charge in [-0.05, 0) is 54.6 Å². The number of nitrogens with one attached hydrogen (secondary N) is 2. The molecule has 0 aliphatic heterocycles. The van der Waals surface area contributed by atoms with E-state index in [-0.39, 0.29) is 27.5 Å². The van der Waals surface area contributed by atoms with Crippen LogP contribution in [0.2, 0.25) is 5.02 Å². The number of sulfonamides is 1. The van der Waals surface area contributed by atoms with Crippen LogP contribution in [0.5, 0.6) is 11.5 Å². The molecule has 0 atom stereocenters. The van der Waals surface area contributed by atoms with Crippen molar-refractivity contribution in [3.05, 3.63) is 82.9 Å². The summed E-state index contributed by atoms with van der Waals surface area (Å²) in [7, 11) is -3.93. The van der Waals surface area contributed by atoms with E-state index in [1.807, 2.05) is 0 Å². The Hall–Kier alpha value is -3.56. The third kappa shape index (κ3) is 5.07. The maximum absolute atomic E-state index is 12.6. The third-order valence-electron chi connectivity index (χ3n) is 3.92. The predicted molar refractivity (Wildman–Crippen MR) is 114 cm³/mol. The number of hydrogen-bond acceptors (Lipinski definition) is 6. The fourth-order valence-corrected chi connectivity index (χ4v) is 3.64. The average molecular weight is 446 g/mol. The summed E-state index contributed by atoms with van der Waals surface area (Å²) in [6.07, 6.45) is 1.15. The van der Waals surface area contributed by atoms with Gasteiger partial charge in [0.25, 0.3) is 15.9 Å². The van der Waals surface area contributed by atoms with Crippen LogP contribution in [0, 0.1) is 0 Å². The molecule has 3 aromatic carbocycles.